The van der Waals surface area contributed by atoms with E-state index >= 15 is 0 Å². The smallest absolute Gasteiger partial charge is 0.320 e. The number of hydrogen-bond acceptors (Lipinski definition) is 6. The van der Waals surface area contributed by atoms with Crippen molar-refractivity contribution in [2.45, 2.75) is 6.92 Å². The molecule has 0 bridgehead atoms. The van der Waals surface area contributed by atoms with E-state index in [1.54, 1.807) is 36.7 Å². The van der Waals surface area contributed by atoms with Gasteiger partial charge in [-0.05, 0) is 31.2 Å². The zero-order valence-electron chi connectivity index (χ0n) is 12.4. The number of nitrogens with zero attached hydrogens (tertiary/aromatic N) is 4. The summed E-state index contributed by atoms with van der Waals surface area (Å²) in [5.74, 6) is 1.24. The number of carbonyl (C=O) groups excluding carboxylic acids is 1. The van der Waals surface area contributed by atoms with Crippen molar-refractivity contribution in [3.8, 4) is 11.6 Å². The lowest BCUT2D eigenvalue weighted by Gasteiger charge is -2.07. The van der Waals surface area contributed by atoms with E-state index < -0.39 is 0 Å². The van der Waals surface area contributed by atoms with Crippen LogP contribution in [0.3, 0.4) is 0 Å². The standard InChI is InChI=1S/C15H14N6O2/c1-2-17-15(22)20-12-6-5-11-14(19-12)21-13(9-18-11)23-10-4-3-7-16-8-10/h3-9H,2H2,1H3,(H2,17,19,20,21,22). The lowest BCUT2D eigenvalue weighted by atomic mass is 10.4. The van der Waals surface area contributed by atoms with Crippen molar-refractivity contribution < 1.29 is 9.53 Å². The highest BCUT2D eigenvalue weighted by molar-refractivity contribution is 5.89. The number of urea groups is 1. The Kier molecular flexibility index (Phi) is 4.23. The van der Waals surface area contributed by atoms with E-state index in [0.717, 1.165) is 0 Å². The van der Waals surface area contributed by atoms with Gasteiger partial charge in [-0.3, -0.25) is 10.3 Å². The van der Waals surface area contributed by atoms with Crippen LogP contribution < -0.4 is 15.4 Å². The van der Waals surface area contributed by atoms with Crippen LogP contribution in [0, 0.1) is 0 Å². The number of anilines is 1. The molecule has 0 aromatic carbocycles. The molecule has 0 aliphatic heterocycles. The Labute approximate surface area is 132 Å². The molecule has 0 atom stereocenters. The van der Waals surface area contributed by atoms with Crippen molar-refractivity contribution in [2.24, 2.45) is 0 Å². The highest BCUT2D eigenvalue weighted by Gasteiger charge is 2.07. The maximum absolute atomic E-state index is 11.5. The first-order valence-corrected chi connectivity index (χ1v) is 7.01. The molecule has 2 amide bonds. The van der Waals surface area contributed by atoms with Gasteiger partial charge in [0.15, 0.2) is 5.65 Å². The van der Waals surface area contributed by atoms with E-state index in [9.17, 15) is 4.79 Å². The molecule has 0 radical (unpaired) electrons. The second-order valence-corrected chi connectivity index (χ2v) is 4.52. The number of hydrogen-bond donors (Lipinski definition) is 2. The van der Waals surface area contributed by atoms with Crippen molar-refractivity contribution in [1.29, 1.82) is 0 Å². The number of pyridine rings is 2. The second-order valence-electron chi connectivity index (χ2n) is 4.52. The first kappa shape index (κ1) is 14.6. The molecule has 0 fully saturated rings. The Morgan fingerprint density at radius 3 is 2.91 bits per heavy atom. The molecule has 8 heteroatoms. The molecular weight excluding hydrogens is 296 g/mol. The molecule has 8 nitrogen and oxygen atoms in total. The zero-order valence-corrected chi connectivity index (χ0v) is 12.4. The fraction of sp³-hybridized carbons (Fsp3) is 0.133. The molecule has 0 aliphatic carbocycles. The monoisotopic (exact) mass is 310 g/mol. The predicted octanol–water partition coefficient (Wildman–Crippen LogP) is 2.35. The molecule has 0 saturated carbocycles. The van der Waals surface area contributed by atoms with E-state index in [4.69, 9.17) is 4.74 Å². The fourth-order valence-corrected chi connectivity index (χ4v) is 1.85. The Hall–Kier alpha value is -3.29. The number of fused-ring (bicyclic) bond motifs is 1. The summed E-state index contributed by atoms with van der Waals surface area (Å²) in [5.41, 5.74) is 0.977. The lowest BCUT2D eigenvalue weighted by molar-refractivity contribution is 0.252. The van der Waals surface area contributed by atoms with Gasteiger partial charge >= 0.3 is 6.03 Å². The molecule has 3 rings (SSSR count). The SMILES string of the molecule is CCNC(=O)Nc1ccc2ncc(Oc3cccnc3)nc2n1. The second kappa shape index (κ2) is 6.65. The molecule has 0 spiro atoms. The number of aromatic nitrogens is 4. The van der Waals surface area contributed by atoms with Crippen LogP contribution in [0.2, 0.25) is 0 Å². The normalized spacial score (nSPS) is 10.3. The molecule has 23 heavy (non-hydrogen) atoms. The minimum absolute atomic E-state index is 0.299. The quantitative estimate of drug-likeness (QED) is 0.767. The molecule has 2 N–H and O–H groups in total. The van der Waals surface area contributed by atoms with Gasteiger partial charge in [-0.15, -0.1) is 0 Å². The summed E-state index contributed by atoms with van der Waals surface area (Å²) in [4.78, 5) is 28.3. The number of ether oxygens (including phenoxy) is 1. The summed E-state index contributed by atoms with van der Waals surface area (Å²) >= 11 is 0. The highest BCUT2D eigenvalue weighted by atomic mass is 16.5. The van der Waals surface area contributed by atoms with Crippen LogP contribution in [0.5, 0.6) is 11.6 Å². The molecule has 0 aliphatic rings. The van der Waals surface area contributed by atoms with Crippen LogP contribution in [0.15, 0.2) is 42.9 Å². The first-order valence-electron chi connectivity index (χ1n) is 7.01. The first-order chi connectivity index (χ1) is 11.2. The van der Waals surface area contributed by atoms with Crippen LogP contribution in [-0.4, -0.2) is 32.5 Å². The minimum atomic E-state index is -0.324. The molecule has 0 unspecified atom stereocenters. The largest absolute Gasteiger partial charge is 0.436 e. The molecule has 0 saturated heterocycles. The topological polar surface area (TPSA) is 102 Å². The van der Waals surface area contributed by atoms with E-state index in [0.29, 0.717) is 35.2 Å². The Morgan fingerprint density at radius 1 is 1.22 bits per heavy atom. The summed E-state index contributed by atoms with van der Waals surface area (Å²) in [5, 5.41) is 5.25. The van der Waals surface area contributed by atoms with Gasteiger partial charge in [0.2, 0.25) is 5.88 Å². The van der Waals surface area contributed by atoms with Crippen LogP contribution in [0.4, 0.5) is 10.6 Å². The van der Waals surface area contributed by atoms with Crippen LogP contribution in [0.25, 0.3) is 11.2 Å². The maximum atomic E-state index is 11.5. The van der Waals surface area contributed by atoms with Gasteiger partial charge in [0.05, 0.1) is 12.4 Å². The average molecular weight is 310 g/mol. The molecular formula is C15H14N6O2. The molecule has 116 valence electrons. The summed E-state index contributed by atoms with van der Waals surface area (Å²) in [6.45, 7) is 2.36. The summed E-state index contributed by atoms with van der Waals surface area (Å²) < 4.78 is 5.57. The van der Waals surface area contributed by atoms with Crippen LogP contribution in [-0.2, 0) is 0 Å². The predicted molar refractivity (Wildman–Crippen MR) is 84.3 cm³/mol. The minimum Gasteiger partial charge on any atom is -0.436 e. The van der Waals surface area contributed by atoms with Crippen molar-refractivity contribution in [3.05, 3.63) is 42.9 Å². The van der Waals surface area contributed by atoms with Gasteiger partial charge in [0, 0.05) is 12.7 Å². The van der Waals surface area contributed by atoms with Gasteiger partial charge < -0.3 is 10.1 Å². The molecule has 3 aromatic rings. The number of nitrogens with one attached hydrogen (secondary N) is 2. The number of rotatable bonds is 4. The van der Waals surface area contributed by atoms with Gasteiger partial charge in [-0.2, -0.15) is 4.98 Å². The highest BCUT2D eigenvalue weighted by Crippen LogP contribution is 2.19. The van der Waals surface area contributed by atoms with E-state index in [-0.39, 0.29) is 6.03 Å². The third kappa shape index (κ3) is 3.67. The van der Waals surface area contributed by atoms with Crippen molar-refractivity contribution in [3.63, 3.8) is 0 Å². The third-order valence-corrected chi connectivity index (χ3v) is 2.82. The lowest BCUT2D eigenvalue weighted by Crippen LogP contribution is -2.28. The maximum Gasteiger partial charge on any atom is 0.320 e. The Balaban J connectivity index is 1.84. The van der Waals surface area contributed by atoms with Crippen molar-refractivity contribution >= 4 is 23.0 Å². The van der Waals surface area contributed by atoms with Gasteiger partial charge in [0.1, 0.15) is 17.1 Å². The Bertz CT molecular complexity index is 825. The fourth-order valence-electron chi connectivity index (χ4n) is 1.85. The summed E-state index contributed by atoms with van der Waals surface area (Å²) in [6.07, 6.45) is 4.74. The summed E-state index contributed by atoms with van der Waals surface area (Å²) in [7, 11) is 0. The van der Waals surface area contributed by atoms with Crippen molar-refractivity contribution in [1.82, 2.24) is 25.3 Å². The summed E-state index contributed by atoms with van der Waals surface area (Å²) in [6, 6.07) is 6.59. The average Bonchev–Trinajstić information content (AvgIpc) is 2.56. The molecule has 3 aromatic heterocycles. The number of carbonyl (C=O) groups is 1. The van der Waals surface area contributed by atoms with E-state index in [1.807, 2.05) is 6.92 Å². The van der Waals surface area contributed by atoms with Gasteiger partial charge in [-0.25, -0.2) is 14.8 Å². The molecule has 3 heterocycles. The Morgan fingerprint density at radius 2 is 2.13 bits per heavy atom. The van der Waals surface area contributed by atoms with E-state index in [2.05, 4.69) is 30.6 Å². The zero-order chi connectivity index (χ0) is 16.1. The van der Waals surface area contributed by atoms with Crippen molar-refractivity contribution in [2.75, 3.05) is 11.9 Å². The number of amides is 2. The van der Waals surface area contributed by atoms with Crippen LogP contribution >= 0.6 is 0 Å². The van der Waals surface area contributed by atoms with Gasteiger partial charge in [0.25, 0.3) is 0 Å². The van der Waals surface area contributed by atoms with E-state index in [1.165, 1.54) is 6.20 Å². The van der Waals surface area contributed by atoms with Crippen LogP contribution in [0.1, 0.15) is 6.92 Å². The third-order valence-electron chi connectivity index (χ3n) is 2.82. The van der Waals surface area contributed by atoms with Gasteiger partial charge in [-0.1, -0.05) is 0 Å².